The summed E-state index contributed by atoms with van der Waals surface area (Å²) >= 11 is 3.28. The molecule has 0 aromatic rings. The minimum absolute atomic E-state index is 0.396. The average Bonchev–Trinajstić information content (AvgIpc) is 2.32. The normalized spacial score (nSPS) is 26.5. The fourth-order valence-corrected chi connectivity index (χ4v) is 1.96. The van der Waals surface area contributed by atoms with Crippen LogP contribution in [0.1, 0.15) is 6.42 Å². The monoisotopic (exact) mass is 245 g/mol. The van der Waals surface area contributed by atoms with Crippen LogP contribution in [-0.2, 0) is 0 Å². The Morgan fingerprint density at radius 3 is 2.50 bits per heavy atom. The van der Waals surface area contributed by atoms with E-state index in [0.717, 1.165) is 11.8 Å². The molecule has 5 heteroatoms. The van der Waals surface area contributed by atoms with Gasteiger partial charge in [-0.25, -0.2) is 0 Å². The van der Waals surface area contributed by atoms with Crippen molar-refractivity contribution in [3.63, 3.8) is 0 Å². The van der Waals surface area contributed by atoms with Crippen LogP contribution in [0.15, 0.2) is 0 Å². The average molecular weight is 246 g/mol. The maximum atomic E-state index is 11.9. The third-order valence-electron chi connectivity index (χ3n) is 1.99. The summed E-state index contributed by atoms with van der Waals surface area (Å²) in [5, 5.41) is 0.807. The smallest absolute Gasteiger partial charge is 0.295 e. The summed E-state index contributed by atoms with van der Waals surface area (Å²) in [6.07, 6.45) is -3.16. The molecular formula is C7H11BrF3N. The quantitative estimate of drug-likeness (QED) is 0.675. The highest BCUT2D eigenvalue weighted by molar-refractivity contribution is 9.09. The first-order chi connectivity index (χ1) is 5.51. The molecule has 1 atom stereocenters. The van der Waals surface area contributed by atoms with E-state index in [2.05, 4.69) is 15.9 Å². The van der Waals surface area contributed by atoms with E-state index in [1.165, 1.54) is 4.90 Å². The molecule has 1 aliphatic heterocycles. The summed E-state index contributed by atoms with van der Waals surface area (Å²) in [4.78, 5) is 1.46. The van der Waals surface area contributed by atoms with Crippen LogP contribution in [0, 0.1) is 5.92 Å². The molecule has 0 aliphatic carbocycles. The number of hydrogen-bond donors (Lipinski definition) is 0. The van der Waals surface area contributed by atoms with Gasteiger partial charge >= 0.3 is 6.18 Å². The number of likely N-dealkylation sites (tertiary alicyclic amines) is 1. The Bertz CT molecular complexity index is 148. The SMILES string of the molecule is FC(F)(F)CN1CCC(CBr)C1. The molecule has 1 nitrogen and oxygen atoms in total. The predicted octanol–water partition coefficient (Wildman–Crippen LogP) is 2.27. The molecule has 0 amide bonds. The van der Waals surface area contributed by atoms with E-state index in [1.807, 2.05) is 0 Å². The summed E-state index contributed by atoms with van der Waals surface area (Å²) in [6, 6.07) is 0. The van der Waals surface area contributed by atoms with Crippen molar-refractivity contribution in [3.05, 3.63) is 0 Å². The fourth-order valence-electron chi connectivity index (χ4n) is 1.44. The van der Waals surface area contributed by atoms with E-state index in [-0.39, 0.29) is 0 Å². The van der Waals surface area contributed by atoms with Crippen molar-refractivity contribution in [1.82, 2.24) is 4.90 Å². The summed E-state index contributed by atoms with van der Waals surface area (Å²) in [7, 11) is 0. The Balaban J connectivity index is 2.28. The van der Waals surface area contributed by atoms with Crippen molar-refractivity contribution in [2.24, 2.45) is 5.92 Å². The zero-order valence-electron chi connectivity index (χ0n) is 6.57. The van der Waals surface area contributed by atoms with Gasteiger partial charge in [-0.1, -0.05) is 15.9 Å². The van der Waals surface area contributed by atoms with Gasteiger partial charge in [-0.3, -0.25) is 4.90 Å². The fraction of sp³-hybridized carbons (Fsp3) is 1.00. The molecule has 1 fully saturated rings. The third kappa shape index (κ3) is 3.31. The molecule has 0 radical (unpaired) electrons. The largest absolute Gasteiger partial charge is 0.401 e. The second kappa shape index (κ2) is 3.96. The standard InChI is InChI=1S/C7H11BrF3N/c8-3-6-1-2-12(4-6)5-7(9,10)11/h6H,1-5H2. The molecule has 1 aliphatic rings. The zero-order chi connectivity index (χ0) is 9.19. The molecule has 1 heterocycles. The maximum Gasteiger partial charge on any atom is 0.401 e. The van der Waals surface area contributed by atoms with Crippen molar-refractivity contribution >= 4 is 15.9 Å². The molecule has 0 N–H and O–H groups in total. The van der Waals surface area contributed by atoms with Crippen LogP contribution in [0.3, 0.4) is 0 Å². The highest BCUT2D eigenvalue weighted by Gasteiger charge is 2.33. The number of halogens is 4. The second-order valence-electron chi connectivity index (χ2n) is 3.16. The predicted molar refractivity (Wildman–Crippen MR) is 44.4 cm³/mol. The van der Waals surface area contributed by atoms with Crippen molar-refractivity contribution in [2.75, 3.05) is 25.0 Å². The number of alkyl halides is 4. The Labute approximate surface area is 78.0 Å². The van der Waals surface area contributed by atoms with Crippen molar-refractivity contribution in [3.8, 4) is 0 Å². The van der Waals surface area contributed by atoms with E-state index >= 15 is 0 Å². The molecule has 0 saturated carbocycles. The zero-order valence-corrected chi connectivity index (χ0v) is 8.16. The van der Waals surface area contributed by atoms with E-state index in [4.69, 9.17) is 0 Å². The lowest BCUT2D eigenvalue weighted by atomic mass is 10.2. The van der Waals surface area contributed by atoms with Crippen LogP contribution in [0.25, 0.3) is 0 Å². The van der Waals surface area contributed by atoms with Crippen molar-refractivity contribution < 1.29 is 13.2 Å². The Morgan fingerprint density at radius 1 is 1.42 bits per heavy atom. The van der Waals surface area contributed by atoms with Crippen LogP contribution in [0.5, 0.6) is 0 Å². The highest BCUT2D eigenvalue weighted by Crippen LogP contribution is 2.23. The second-order valence-corrected chi connectivity index (χ2v) is 3.81. The van der Waals surface area contributed by atoms with E-state index in [1.54, 1.807) is 0 Å². The molecule has 72 valence electrons. The molecule has 0 aromatic carbocycles. The summed E-state index contributed by atoms with van der Waals surface area (Å²) in [5.74, 6) is 0.396. The van der Waals surface area contributed by atoms with Gasteiger partial charge in [0.15, 0.2) is 0 Å². The molecule has 12 heavy (non-hydrogen) atoms. The molecule has 1 saturated heterocycles. The van der Waals surface area contributed by atoms with E-state index < -0.39 is 12.7 Å². The van der Waals surface area contributed by atoms with Crippen LogP contribution < -0.4 is 0 Å². The lowest BCUT2D eigenvalue weighted by Crippen LogP contribution is -2.32. The van der Waals surface area contributed by atoms with Gasteiger partial charge in [-0.2, -0.15) is 13.2 Å². The first-order valence-corrected chi connectivity index (χ1v) is 4.98. The van der Waals surface area contributed by atoms with Gasteiger partial charge in [-0.05, 0) is 18.9 Å². The number of nitrogens with zero attached hydrogens (tertiary/aromatic N) is 1. The van der Waals surface area contributed by atoms with Crippen molar-refractivity contribution in [2.45, 2.75) is 12.6 Å². The highest BCUT2D eigenvalue weighted by atomic mass is 79.9. The molecule has 0 spiro atoms. The lowest BCUT2D eigenvalue weighted by Gasteiger charge is -2.17. The Morgan fingerprint density at radius 2 is 2.08 bits per heavy atom. The summed E-state index contributed by atoms with van der Waals surface area (Å²) < 4.78 is 35.7. The molecule has 0 bridgehead atoms. The van der Waals surface area contributed by atoms with Crippen molar-refractivity contribution in [1.29, 1.82) is 0 Å². The van der Waals surface area contributed by atoms with Gasteiger partial charge < -0.3 is 0 Å². The van der Waals surface area contributed by atoms with Gasteiger partial charge in [0.2, 0.25) is 0 Å². The maximum absolute atomic E-state index is 11.9. The molecular weight excluding hydrogens is 235 g/mol. The third-order valence-corrected chi connectivity index (χ3v) is 2.91. The van der Waals surface area contributed by atoms with Gasteiger partial charge in [0, 0.05) is 11.9 Å². The van der Waals surface area contributed by atoms with Crippen LogP contribution in [0.2, 0.25) is 0 Å². The summed E-state index contributed by atoms with van der Waals surface area (Å²) in [5.41, 5.74) is 0. The van der Waals surface area contributed by atoms with Crippen LogP contribution >= 0.6 is 15.9 Å². The van der Waals surface area contributed by atoms with Gasteiger partial charge in [-0.15, -0.1) is 0 Å². The Hall–Kier alpha value is 0.230. The topological polar surface area (TPSA) is 3.24 Å². The summed E-state index contributed by atoms with van der Waals surface area (Å²) in [6.45, 7) is 0.400. The van der Waals surface area contributed by atoms with Crippen LogP contribution in [-0.4, -0.2) is 36.0 Å². The van der Waals surface area contributed by atoms with Gasteiger partial charge in [0.25, 0.3) is 0 Å². The molecule has 1 rings (SSSR count). The van der Waals surface area contributed by atoms with Gasteiger partial charge in [0.05, 0.1) is 6.54 Å². The van der Waals surface area contributed by atoms with Gasteiger partial charge in [0.1, 0.15) is 0 Å². The molecule has 1 unspecified atom stereocenters. The van der Waals surface area contributed by atoms with Crippen LogP contribution in [0.4, 0.5) is 13.2 Å². The minimum atomic E-state index is -4.04. The first-order valence-electron chi connectivity index (χ1n) is 3.86. The minimum Gasteiger partial charge on any atom is -0.295 e. The first kappa shape index (κ1) is 10.3. The van der Waals surface area contributed by atoms with E-state index in [9.17, 15) is 13.2 Å². The number of rotatable bonds is 2. The van der Waals surface area contributed by atoms with E-state index in [0.29, 0.717) is 19.0 Å². The lowest BCUT2D eigenvalue weighted by molar-refractivity contribution is -0.143. The Kier molecular flexibility index (Phi) is 3.40. The number of hydrogen-bond acceptors (Lipinski definition) is 1. The molecule has 0 aromatic heterocycles.